The van der Waals surface area contributed by atoms with Gasteiger partial charge in [-0.2, -0.15) is 0 Å². The van der Waals surface area contributed by atoms with E-state index in [-0.39, 0.29) is 17.2 Å². The smallest absolute Gasteiger partial charge is 0.255 e. The highest BCUT2D eigenvalue weighted by molar-refractivity contribution is 5.20. The van der Waals surface area contributed by atoms with Crippen molar-refractivity contribution in [2.45, 2.75) is 46.3 Å². The van der Waals surface area contributed by atoms with Crippen LogP contribution in [0.4, 0.5) is 0 Å². The second-order valence-corrected chi connectivity index (χ2v) is 5.22. The third-order valence-electron chi connectivity index (χ3n) is 3.08. The summed E-state index contributed by atoms with van der Waals surface area (Å²) in [5.74, 6) is 0.644. The van der Waals surface area contributed by atoms with Gasteiger partial charge in [-0.15, -0.1) is 0 Å². The highest BCUT2D eigenvalue weighted by Gasteiger charge is 2.20. The molecule has 1 atom stereocenters. The molecule has 1 unspecified atom stereocenters. The molecule has 0 aliphatic rings. The van der Waals surface area contributed by atoms with E-state index in [9.17, 15) is 4.79 Å². The number of H-pyrrole nitrogens is 1. The van der Waals surface area contributed by atoms with Gasteiger partial charge in [0.25, 0.3) is 5.56 Å². The van der Waals surface area contributed by atoms with E-state index < -0.39 is 0 Å². The number of methoxy groups -OCH3 is 1. The van der Waals surface area contributed by atoms with Crippen LogP contribution in [0.2, 0.25) is 0 Å². The predicted octanol–water partition coefficient (Wildman–Crippen LogP) is 1.46. The van der Waals surface area contributed by atoms with Crippen LogP contribution in [0.25, 0.3) is 0 Å². The second-order valence-electron chi connectivity index (χ2n) is 5.22. The van der Waals surface area contributed by atoms with Crippen molar-refractivity contribution in [3.63, 3.8) is 0 Å². The van der Waals surface area contributed by atoms with Crippen molar-refractivity contribution in [3.05, 3.63) is 27.4 Å². The maximum atomic E-state index is 11.9. The second kappa shape index (κ2) is 5.63. The molecule has 0 aliphatic carbocycles. The van der Waals surface area contributed by atoms with Crippen LogP contribution >= 0.6 is 0 Å². The van der Waals surface area contributed by atoms with Gasteiger partial charge in [-0.3, -0.25) is 4.79 Å². The van der Waals surface area contributed by atoms with Gasteiger partial charge >= 0.3 is 0 Å². The zero-order chi connectivity index (χ0) is 13.9. The van der Waals surface area contributed by atoms with E-state index in [1.54, 1.807) is 14.0 Å². The van der Waals surface area contributed by atoms with Gasteiger partial charge in [-0.1, -0.05) is 0 Å². The third kappa shape index (κ3) is 3.65. The number of aryl methyl sites for hydroxylation is 2. The fourth-order valence-corrected chi connectivity index (χ4v) is 1.82. The van der Waals surface area contributed by atoms with Gasteiger partial charge in [-0.25, -0.2) is 4.98 Å². The van der Waals surface area contributed by atoms with E-state index in [1.165, 1.54) is 0 Å². The van der Waals surface area contributed by atoms with Crippen molar-refractivity contribution in [2.24, 2.45) is 0 Å². The number of nitrogens with zero attached hydrogens (tertiary/aromatic N) is 1. The molecule has 0 fully saturated rings. The van der Waals surface area contributed by atoms with Crippen molar-refractivity contribution in [3.8, 4) is 0 Å². The largest absolute Gasteiger partial charge is 0.377 e. The predicted molar refractivity (Wildman–Crippen MR) is 71.8 cm³/mol. The summed E-state index contributed by atoms with van der Waals surface area (Å²) < 4.78 is 5.34. The number of ether oxygens (including phenoxy) is 1. The Labute approximate surface area is 108 Å². The van der Waals surface area contributed by atoms with Gasteiger partial charge in [0, 0.05) is 25.4 Å². The summed E-state index contributed by atoms with van der Waals surface area (Å²) in [5, 5.41) is 3.31. The SMILES string of the molecule is COC(C)(C)CNC(C)c1c(C)nc(C)[nH]c1=O. The monoisotopic (exact) mass is 253 g/mol. The minimum absolute atomic E-state index is 0.0590. The number of rotatable bonds is 5. The van der Waals surface area contributed by atoms with Crippen molar-refractivity contribution >= 4 is 0 Å². The van der Waals surface area contributed by atoms with Gasteiger partial charge in [0.2, 0.25) is 0 Å². The Hall–Kier alpha value is -1.20. The third-order valence-corrected chi connectivity index (χ3v) is 3.08. The maximum Gasteiger partial charge on any atom is 0.255 e. The summed E-state index contributed by atoms with van der Waals surface area (Å²) in [7, 11) is 1.68. The fraction of sp³-hybridized carbons (Fsp3) is 0.692. The van der Waals surface area contributed by atoms with Gasteiger partial charge in [0.1, 0.15) is 5.82 Å². The minimum Gasteiger partial charge on any atom is -0.377 e. The number of hydrogen-bond donors (Lipinski definition) is 2. The first-order valence-electron chi connectivity index (χ1n) is 6.13. The quantitative estimate of drug-likeness (QED) is 0.833. The Bertz CT molecular complexity index is 466. The van der Waals surface area contributed by atoms with Crippen LogP contribution in [-0.2, 0) is 4.74 Å². The number of aromatic amines is 1. The summed E-state index contributed by atoms with van der Waals surface area (Å²) in [6.07, 6.45) is 0. The lowest BCUT2D eigenvalue weighted by Gasteiger charge is -2.26. The molecule has 1 aromatic rings. The Morgan fingerprint density at radius 3 is 2.56 bits per heavy atom. The summed E-state index contributed by atoms with van der Waals surface area (Å²) in [5.41, 5.74) is 1.13. The molecule has 102 valence electrons. The number of hydrogen-bond acceptors (Lipinski definition) is 4. The minimum atomic E-state index is -0.257. The zero-order valence-electron chi connectivity index (χ0n) is 12.0. The molecule has 0 radical (unpaired) electrons. The van der Waals surface area contributed by atoms with Crippen LogP contribution in [0.3, 0.4) is 0 Å². The molecule has 0 spiro atoms. The molecule has 0 aromatic carbocycles. The maximum absolute atomic E-state index is 11.9. The molecule has 1 aromatic heterocycles. The fourth-order valence-electron chi connectivity index (χ4n) is 1.82. The Kier molecular flexibility index (Phi) is 4.65. The van der Waals surface area contributed by atoms with Crippen molar-refractivity contribution in [1.29, 1.82) is 0 Å². The van der Waals surface area contributed by atoms with Crippen LogP contribution in [0, 0.1) is 13.8 Å². The van der Waals surface area contributed by atoms with Crippen molar-refractivity contribution in [2.75, 3.05) is 13.7 Å². The van der Waals surface area contributed by atoms with Gasteiger partial charge in [0.05, 0.1) is 11.2 Å². The summed E-state index contributed by atoms with van der Waals surface area (Å²) in [6.45, 7) is 10.3. The molecular formula is C13H23N3O2. The molecule has 0 bridgehead atoms. The Morgan fingerprint density at radius 1 is 1.44 bits per heavy atom. The molecule has 18 heavy (non-hydrogen) atoms. The van der Waals surface area contributed by atoms with Crippen LogP contribution < -0.4 is 10.9 Å². The molecule has 5 nitrogen and oxygen atoms in total. The van der Waals surface area contributed by atoms with Crippen LogP contribution in [0.15, 0.2) is 4.79 Å². The number of nitrogens with one attached hydrogen (secondary N) is 2. The molecule has 0 saturated heterocycles. The first kappa shape index (κ1) is 14.9. The first-order valence-corrected chi connectivity index (χ1v) is 6.13. The van der Waals surface area contributed by atoms with E-state index in [2.05, 4.69) is 15.3 Å². The van der Waals surface area contributed by atoms with E-state index in [0.717, 1.165) is 5.69 Å². The Balaban J connectivity index is 2.86. The highest BCUT2D eigenvalue weighted by Crippen LogP contribution is 2.13. The van der Waals surface area contributed by atoms with Gasteiger partial charge in [-0.05, 0) is 34.6 Å². The number of aromatic nitrogens is 2. The topological polar surface area (TPSA) is 67.0 Å². The normalized spacial score (nSPS) is 13.7. The molecule has 0 saturated carbocycles. The average Bonchev–Trinajstić information content (AvgIpc) is 2.25. The molecule has 0 amide bonds. The molecule has 2 N–H and O–H groups in total. The lowest BCUT2D eigenvalue weighted by molar-refractivity contribution is 0.0213. The van der Waals surface area contributed by atoms with Crippen LogP contribution in [-0.4, -0.2) is 29.2 Å². The molecule has 1 heterocycles. The van der Waals surface area contributed by atoms with Gasteiger partial charge < -0.3 is 15.0 Å². The molecule has 5 heteroatoms. The van der Waals surface area contributed by atoms with E-state index in [0.29, 0.717) is 17.9 Å². The van der Waals surface area contributed by atoms with E-state index in [4.69, 9.17) is 4.74 Å². The summed E-state index contributed by atoms with van der Waals surface area (Å²) in [6, 6.07) is -0.0590. The highest BCUT2D eigenvalue weighted by atomic mass is 16.5. The van der Waals surface area contributed by atoms with Crippen molar-refractivity contribution < 1.29 is 4.74 Å². The van der Waals surface area contributed by atoms with Gasteiger partial charge in [0.15, 0.2) is 0 Å². The molecular weight excluding hydrogens is 230 g/mol. The van der Waals surface area contributed by atoms with Crippen LogP contribution in [0.1, 0.15) is 43.9 Å². The average molecular weight is 253 g/mol. The summed E-state index contributed by atoms with van der Waals surface area (Å²) in [4.78, 5) is 19.0. The first-order chi connectivity index (χ1) is 8.26. The molecule has 1 rings (SSSR count). The lowest BCUT2D eigenvalue weighted by Crippen LogP contribution is -2.39. The summed E-state index contributed by atoms with van der Waals surface area (Å²) >= 11 is 0. The van der Waals surface area contributed by atoms with Crippen molar-refractivity contribution in [1.82, 2.24) is 15.3 Å². The zero-order valence-corrected chi connectivity index (χ0v) is 12.0. The van der Waals surface area contributed by atoms with E-state index in [1.807, 2.05) is 27.7 Å². The standard InChI is InChI=1S/C13H23N3O2/c1-8(14-7-13(4,5)18-6)11-9(2)15-10(3)16-12(11)17/h8,14H,7H2,1-6H3,(H,15,16,17). The Morgan fingerprint density at radius 2 is 2.06 bits per heavy atom. The lowest BCUT2D eigenvalue weighted by atomic mass is 10.1. The van der Waals surface area contributed by atoms with E-state index >= 15 is 0 Å². The molecule has 0 aliphatic heterocycles. The van der Waals surface area contributed by atoms with Crippen LogP contribution in [0.5, 0.6) is 0 Å².